The maximum atomic E-state index is 13.5. The van der Waals surface area contributed by atoms with Gasteiger partial charge in [0.2, 0.25) is 0 Å². The highest BCUT2D eigenvalue weighted by Gasteiger charge is 2.26. The van der Waals surface area contributed by atoms with Crippen LogP contribution in [-0.4, -0.2) is 11.3 Å². The normalized spacial score (nSPS) is 10.6. The molecule has 3 heteroatoms. The van der Waals surface area contributed by atoms with Crippen LogP contribution in [0.15, 0.2) is 103 Å². The second kappa shape index (κ2) is 12.4. The molecule has 0 aromatic heterocycles. The summed E-state index contributed by atoms with van der Waals surface area (Å²) in [5.41, 5.74) is 5.25. The fraction of sp³-hybridized carbons (Fsp3) is 0.188. The third-order valence-electron chi connectivity index (χ3n) is 5.71. The van der Waals surface area contributed by atoms with Crippen molar-refractivity contribution >= 4 is 29.8 Å². The van der Waals surface area contributed by atoms with Gasteiger partial charge >= 0.3 is 0 Å². The van der Waals surface area contributed by atoms with E-state index in [1.165, 1.54) is 5.56 Å². The van der Waals surface area contributed by atoms with Crippen LogP contribution in [0.4, 0.5) is 0 Å². The molecule has 0 unspecified atom stereocenters. The van der Waals surface area contributed by atoms with Crippen molar-refractivity contribution in [1.29, 1.82) is 0 Å². The highest BCUT2D eigenvalue weighted by molar-refractivity contribution is 7.88. The first kappa shape index (κ1) is 26.3. The van der Waals surface area contributed by atoms with Crippen molar-refractivity contribution < 1.29 is 9.59 Å². The zero-order valence-corrected chi connectivity index (χ0v) is 22.1. The molecular formula is C32H33O2P. The van der Waals surface area contributed by atoms with Gasteiger partial charge in [-0.1, -0.05) is 123 Å². The lowest BCUT2D eigenvalue weighted by atomic mass is 10.0. The molecule has 0 spiro atoms. The van der Waals surface area contributed by atoms with Crippen LogP contribution in [0, 0.1) is 26.7 Å². The Morgan fingerprint density at radius 3 is 1.43 bits per heavy atom. The minimum Gasteiger partial charge on any atom is -0.294 e. The van der Waals surface area contributed by atoms with Gasteiger partial charge in [-0.25, -0.2) is 0 Å². The summed E-state index contributed by atoms with van der Waals surface area (Å²) in [6.45, 7) is 9.98. The Bertz CT molecular complexity index is 1200. The van der Waals surface area contributed by atoms with E-state index in [1.54, 1.807) is 0 Å². The van der Waals surface area contributed by atoms with Crippen LogP contribution in [-0.2, 0) is 0 Å². The van der Waals surface area contributed by atoms with Gasteiger partial charge in [0.25, 0.3) is 0 Å². The molecule has 0 aliphatic rings. The van der Waals surface area contributed by atoms with Crippen molar-refractivity contribution in [2.45, 2.75) is 34.6 Å². The predicted molar refractivity (Wildman–Crippen MR) is 150 cm³/mol. The summed E-state index contributed by atoms with van der Waals surface area (Å²) in [5, 5.41) is 2.20. The van der Waals surface area contributed by atoms with Gasteiger partial charge in [-0.05, 0) is 42.5 Å². The van der Waals surface area contributed by atoms with Gasteiger partial charge < -0.3 is 0 Å². The van der Waals surface area contributed by atoms with Gasteiger partial charge in [0.05, 0.1) is 0 Å². The average Bonchev–Trinajstić information content (AvgIpc) is 2.85. The number of aryl methyl sites for hydroxylation is 3. The third-order valence-corrected chi connectivity index (χ3v) is 7.96. The smallest absolute Gasteiger partial charge is 0.193 e. The molecule has 4 aromatic carbocycles. The van der Waals surface area contributed by atoms with Crippen molar-refractivity contribution in [3.05, 3.63) is 131 Å². The molecule has 0 atom stereocenters. The fourth-order valence-corrected chi connectivity index (χ4v) is 6.39. The zero-order chi connectivity index (χ0) is 25.4. The third kappa shape index (κ3) is 6.84. The largest absolute Gasteiger partial charge is 0.294 e. The van der Waals surface area contributed by atoms with E-state index in [-0.39, 0.29) is 17.2 Å². The number of rotatable bonds is 6. The van der Waals surface area contributed by atoms with Gasteiger partial charge in [-0.2, -0.15) is 0 Å². The van der Waals surface area contributed by atoms with Crippen molar-refractivity contribution in [3.8, 4) is 0 Å². The van der Waals surface area contributed by atoms with E-state index < -0.39 is 7.92 Å². The van der Waals surface area contributed by atoms with Gasteiger partial charge in [-0.15, -0.1) is 0 Å². The molecule has 0 bridgehead atoms. The van der Waals surface area contributed by atoms with E-state index in [1.807, 2.05) is 94.4 Å². The number of Topliss-reactive ketones (excluding diaryl/α,β-unsaturated/α-hetero) is 1. The topological polar surface area (TPSA) is 34.1 Å². The van der Waals surface area contributed by atoms with Crippen LogP contribution in [0.2, 0.25) is 0 Å². The number of ketones is 1. The highest BCUT2D eigenvalue weighted by atomic mass is 31.1. The molecule has 0 aliphatic carbocycles. The number of carbonyl (C=O) groups is 2. The van der Waals surface area contributed by atoms with E-state index in [4.69, 9.17) is 0 Å². The van der Waals surface area contributed by atoms with E-state index in [2.05, 4.69) is 43.3 Å². The molecule has 4 rings (SSSR count). The van der Waals surface area contributed by atoms with E-state index >= 15 is 0 Å². The fourth-order valence-electron chi connectivity index (χ4n) is 4.10. The van der Waals surface area contributed by atoms with Crippen LogP contribution >= 0.6 is 7.92 Å². The van der Waals surface area contributed by atoms with Crippen molar-refractivity contribution in [2.75, 3.05) is 0 Å². The Morgan fingerprint density at radius 1 is 0.629 bits per heavy atom. The molecule has 4 aromatic rings. The average molecular weight is 481 g/mol. The summed E-state index contributed by atoms with van der Waals surface area (Å²) < 4.78 is 0. The van der Waals surface area contributed by atoms with E-state index in [9.17, 15) is 9.59 Å². The maximum absolute atomic E-state index is 13.5. The molecular weight excluding hydrogens is 447 g/mol. The first-order valence-corrected chi connectivity index (χ1v) is 13.3. The summed E-state index contributed by atoms with van der Waals surface area (Å²) in [4.78, 5) is 24.9. The highest BCUT2D eigenvalue weighted by Crippen LogP contribution is 2.39. The number of carbonyl (C=O) groups excluding carboxylic acids is 2. The lowest BCUT2D eigenvalue weighted by Gasteiger charge is -2.20. The van der Waals surface area contributed by atoms with Crippen LogP contribution in [0.25, 0.3) is 0 Å². The Balaban J connectivity index is 0.000000261. The Hall–Kier alpha value is -3.35. The summed E-state index contributed by atoms with van der Waals surface area (Å²) >= 11 is 0. The van der Waals surface area contributed by atoms with Crippen molar-refractivity contribution in [2.24, 2.45) is 5.92 Å². The minimum absolute atomic E-state index is 0.0948. The molecule has 178 valence electrons. The van der Waals surface area contributed by atoms with Gasteiger partial charge in [0, 0.05) is 25.0 Å². The molecule has 0 saturated carbocycles. The predicted octanol–water partition coefficient (Wildman–Crippen LogP) is 7.41. The lowest BCUT2D eigenvalue weighted by molar-refractivity contribution is 0.0939. The van der Waals surface area contributed by atoms with Crippen LogP contribution in [0.5, 0.6) is 0 Å². The summed E-state index contributed by atoms with van der Waals surface area (Å²) in [6.07, 6.45) is 0. The molecule has 0 amide bonds. The Labute approximate surface area is 210 Å². The lowest BCUT2D eigenvalue weighted by Crippen LogP contribution is -2.19. The summed E-state index contributed by atoms with van der Waals surface area (Å²) in [5.74, 6) is 0.308. The number of hydrogen-bond acceptors (Lipinski definition) is 2. The van der Waals surface area contributed by atoms with Crippen LogP contribution in [0.3, 0.4) is 0 Å². The molecule has 0 N–H and O–H groups in total. The quantitative estimate of drug-likeness (QED) is 0.213. The van der Waals surface area contributed by atoms with Gasteiger partial charge in [0.15, 0.2) is 11.3 Å². The molecule has 0 heterocycles. The number of hydrogen-bond donors (Lipinski definition) is 0. The first-order chi connectivity index (χ1) is 16.8. The maximum Gasteiger partial charge on any atom is 0.193 e. The molecule has 0 radical (unpaired) electrons. The standard InChI is InChI=1S/C22H21OP.C10H12O/c1-16-14-17(2)21(18(3)15-16)22(23)24(19-10-6-4-7-11-19)20-12-8-5-9-13-20;1-8(2)10(11)9-6-4-3-5-7-9/h4-15H,1-3H3;3-8H,1-2H3. The van der Waals surface area contributed by atoms with E-state index in [0.29, 0.717) is 0 Å². The molecule has 2 nitrogen and oxygen atoms in total. The molecule has 0 saturated heterocycles. The summed E-state index contributed by atoms with van der Waals surface area (Å²) in [7, 11) is -1.07. The van der Waals surface area contributed by atoms with Gasteiger partial charge in [-0.3, -0.25) is 9.59 Å². The minimum atomic E-state index is -1.07. The monoisotopic (exact) mass is 480 g/mol. The second-order valence-electron chi connectivity index (χ2n) is 8.97. The zero-order valence-electron chi connectivity index (χ0n) is 21.2. The van der Waals surface area contributed by atoms with Crippen molar-refractivity contribution in [3.63, 3.8) is 0 Å². The van der Waals surface area contributed by atoms with Gasteiger partial charge in [0.1, 0.15) is 0 Å². The Kier molecular flexibility index (Phi) is 9.29. The molecule has 0 aliphatic heterocycles. The SMILES string of the molecule is CC(C)C(=O)c1ccccc1.Cc1cc(C)c(C(=O)P(c2ccccc2)c2ccccc2)c(C)c1. The Morgan fingerprint density at radius 2 is 1.03 bits per heavy atom. The first-order valence-electron chi connectivity index (χ1n) is 11.9. The molecule has 0 fully saturated rings. The van der Waals surface area contributed by atoms with Crippen LogP contribution < -0.4 is 10.6 Å². The summed E-state index contributed by atoms with van der Waals surface area (Å²) in [6, 6.07) is 33.9. The number of benzene rings is 4. The van der Waals surface area contributed by atoms with Crippen LogP contribution in [0.1, 0.15) is 51.3 Å². The van der Waals surface area contributed by atoms with E-state index in [0.717, 1.165) is 32.9 Å². The second-order valence-corrected chi connectivity index (χ2v) is 11.1. The molecule has 35 heavy (non-hydrogen) atoms. The van der Waals surface area contributed by atoms with Crippen molar-refractivity contribution in [1.82, 2.24) is 0 Å².